The minimum absolute atomic E-state index is 0.00415. The fourth-order valence-electron chi connectivity index (χ4n) is 4.91. The summed E-state index contributed by atoms with van der Waals surface area (Å²) in [5, 5.41) is 5.48. The number of carbonyl (C=O) groups is 1. The van der Waals surface area contributed by atoms with E-state index in [1.54, 1.807) is 0 Å². The number of benzene rings is 2. The molecule has 1 atom stereocenters. The van der Waals surface area contributed by atoms with E-state index in [0.29, 0.717) is 12.5 Å². The number of Topliss-reactive ketones (excluding diaryl/α,β-unsaturated/α-hetero) is 1. The molecule has 1 aromatic heterocycles. The average molecular weight is 386 g/mol. The van der Waals surface area contributed by atoms with Crippen LogP contribution in [0, 0.1) is 12.8 Å². The number of aryl methyl sites for hydroxylation is 3. The van der Waals surface area contributed by atoms with Gasteiger partial charge in [-0.05, 0) is 54.5 Å². The van der Waals surface area contributed by atoms with Gasteiger partial charge in [0.15, 0.2) is 5.78 Å². The second-order valence-electron chi connectivity index (χ2n) is 8.20. The van der Waals surface area contributed by atoms with Crippen molar-refractivity contribution in [1.82, 2.24) is 9.97 Å². The number of nitrogens with zero attached hydrogens (tertiary/aromatic N) is 3. The van der Waals surface area contributed by atoms with Crippen LogP contribution in [0.2, 0.25) is 0 Å². The minimum atomic E-state index is -0.00415. The molecular weight excluding hydrogens is 360 g/mol. The number of rotatable bonds is 4. The van der Waals surface area contributed by atoms with E-state index in [-0.39, 0.29) is 11.7 Å². The van der Waals surface area contributed by atoms with Crippen molar-refractivity contribution in [3.8, 4) is 0 Å². The molecule has 1 aliphatic carbocycles. The molecule has 0 unspecified atom stereocenters. The SMILES string of the molecule is CNc1nc(C)cc(N2CCC[C@H](C(=O)c3ccc4c5c(cccc35)CC4)C2)n1. The summed E-state index contributed by atoms with van der Waals surface area (Å²) < 4.78 is 0. The van der Waals surface area contributed by atoms with Crippen molar-refractivity contribution in [3.05, 3.63) is 58.8 Å². The van der Waals surface area contributed by atoms with Crippen LogP contribution in [0.5, 0.6) is 0 Å². The van der Waals surface area contributed by atoms with Gasteiger partial charge < -0.3 is 10.2 Å². The lowest BCUT2D eigenvalue weighted by atomic mass is 9.87. The molecule has 0 saturated carbocycles. The number of anilines is 2. The first-order chi connectivity index (χ1) is 14.1. The molecule has 5 heteroatoms. The molecule has 5 nitrogen and oxygen atoms in total. The van der Waals surface area contributed by atoms with Gasteiger partial charge in [0.1, 0.15) is 5.82 Å². The van der Waals surface area contributed by atoms with Gasteiger partial charge in [0.25, 0.3) is 0 Å². The Balaban J connectivity index is 1.46. The van der Waals surface area contributed by atoms with Crippen LogP contribution in [0.15, 0.2) is 36.4 Å². The molecule has 1 aliphatic heterocycles. The lowest BCUT2D eigenvalue weighted by molar-refractivity contribution is 0.0909. The van der Waals surface area contributed by atoms with Crippen molar-refractivity contribution >= 4 is 28.3 Å². The molecule has 1 fully saturated rings. The molecule has 0 bridgehead atoms. The van der Waals surface area contributed by atoms with E-state index in [4.69, 9.17) is 0 Å². The van der Waals surface area contributed by atoms with Crippen LogP contribution in [-0.2, 0) is 12.8 Å². The Labute approximate surface area is 171 Å². The Morgan fingerprint density at radius 3 is 2.79 bits per heavy atom. The van der Waals surface area contributed by atoms with Gasteiger partial charge in [-0.15, -0.1) is 0 Å². The number of hydrogen-bond donors (Lipinski definition) is 1. The number of hydrogen-bond acceptors (Lipinski definition) is 5. The number of aromatic nitrogens is 2. The Morgan fingerprint density at radius 2 is 1.97 bits per heavy atom. The molecule has 1 saturated heterocycles. The van der Waals surface area contributed by atoms with Crippen LogP contribution in [0.1, 0.15) is 40.0 Å². The van der Waals surface area contributed by atoms with E-state index in [0.717, 1.165) is 54.7 Å². The second-order valence-corrected chi connectivity index (χ2v) is 8.20. The van der Waals surface area contributed by atoms with Gasteiger partial charge in [0, 0.05) is 43.4 Å². The zero-order valence-electron chi connectivity index (χ0n) is 17.0. The van der Waals surface area contributed by atoms with Crippen LogP contribution >= 0.6 is 0 Å². The normalized spacial score (nSPS) is 18.3. The highest BCUT2D eigenvalue weighted by atomic mass is 16.1. The lowest BCUT2D eigenvalue weighted by Crippen LogP contribution is -2.39. The Hall–Kier alpha value is -2.95. The fraction of sp³-hybridized carbons (Fsp3) is 0.375. The van der Waals surface area contributed by atoms with Crippen molar-refractivity contribution in [1.29, 1.82) is 0 Å². The van der Waals surface area contributed by atoms with E-state index in [2.05, 4.69) is 50.5 Å². The Kier molecular flexibility index (Phi) is 4.46. The molecule has 5 rings (SSSR count). The lowest BCUT2D eigenvalue weighted by Gasteiger charge is -2.33. The summed E-state index contributed by atoms with van der Waals surface area (Å²) in [5.41, 5.74) is 4.58. The van der Waals surface area contributed by atoms with Crippen molar-refractivity contribution in [3.63, 3.8) is 0 Å². The van der Waals surface area contributed by atoms with E-state index in [1.807, 2.05) is 20.0 Å². The quantitative estimate of drug-likeness (QED) is 0.682. The zero-order chi connectivity index (χ0) is 20.0. The zero-order valence-corrected chi connectivity index (χ0v) is 17.0. The van der Waals surface area contributed by atoms with Crippen molar-refractivity contribution in [2.45, 2.75) is 32.6 Å². The molecule has 0 spiro atoms. The van der Waals surface area contributed by atoms with Gasteiger partial charge in [-0.25, -0.2) is 4.98 Å². The monoisotopic (exact) mass is 386 g/mol. The molecule has 1 N–H and O–H groups in total. The summed E-state index contributed by atoms with van der Waals surface area (Å²) in [4.78, 5) is 24.8. The summed E-state index contributed by atoms with van der Waals surface area (Å²) in [6.45, 7) is 3.61. The van der Waals surface area contributed by atoms with Gasteiger partial charge >= 0.3 is 0 Å². The molecule has 2 heterocycles. The summed E-state index contributed by atoms with van der Waals surface area (Å²) in [7, 11) is 1.83. The van der Waals surface area contributed by atoms with E-state index in [1.165, 1.54) is 16.5 Å². The maximum atomic E-state index is 13.6. The number of ketones is 1. The first-order valence-electron chi connectivity index (χ1n) is 10.5. The van der Waals surface area contributed by atoms with Crippen LogP contribution in [-0.4, -0.2) is 35.9 Å². The smallest absolute Gasteiger partial charge is 0.224 e. The first-order valence-corrected chi connectivity index (χ1v) is 10.5. The van der Waals surface area contributed by atoms with Gasteiger partial charge in [0.2, 0.25) is 5.95 Å². The van der Waals surface area contributed by atoms with Crippen molar-refractivity contribution in [2.24, 2.45) is 5.92 Å². The third kappa shape index (κ3) is 3.15. The standard InChI is InChI=1S/C24H26N4O/c1-15-13-21(27-24(25-2)26-15)28-12-4-6-18(14-28)23(29)20-11-10-17-9-8-16-5-3-7-19(20)22(16)17/h3,5,7,10-11,13,18H,4,6,8-9,12,14H2,1-2H3,(H,25,26,27)/t18-/m0/s1. The fourth-order valence-corrected chi connectivity index (χ4v) is 4.91. The Bertz CT molecular complexity index is 1100. The molecule has 3 aromatic rings. The topological polar surface area (TPSA) is 58.1 Å². The maximum absolute atomic E-state index is 13.6. The molecule has 148 valence electrons. The van der Waals surface area contributed by atoms with E-state index in [9.17, 15) is 4.79 Å². The van der Waals surface area contributed by atoms with Gasteiger partial charge in [-0.2, -0.15) is 4.98 Å². The van der Waals surface area contributed by atoms with Gasteiger partial charge in [-0.3, -0.25) is 4.79 Å². The highest BCUT2D eigenvalue weighted by molar-refractivity contribution is 6.11. The predicted octanol–water partition coefficient (Wildman–Crippen LogP) is 4.18. The van der Waals surface area contributed by atoms with Crippen LogP contribution in [0.25, 0.3) is 10.8 Å². The third-order valence-corrected chi connectivity index (χ3v) is 6.32. The largest absolute Gasteiger partial charge is 0.357 e. The van der Waals surface area contributed by atoms with Crippen LogP contribution in [0.4, 0.5) is 11.8 Å². The highest BCUT2D eigenvalue weighted by Crippen LogP contribution is 2.35. The summed E-state index contributed by atoms with van der Waals surface area (Å²) in [6.07, 6.45) is 4.10. The third-order valence-electron chi connectivity index (χ3n) is 6.32. The minimum Gasteiger partial charge on any atom is -0.357 e. The maximum Gasteiger partial charge on any atom is 0.224 e. The number of piperidine rings is 1. The van der Waals surface area contributed by atoms with Gasteiger partial charge in [-0.1, -0.05) is 30.3 Å². The van der Waals surface area contributed by atoms with Crippen molar-refractivity contribution < 1.29 is 4.79 Å². The average Bonchev–Trinajstić information content (AvgIpc) is 3.18. The predicted molar refractivity (Wildman–Crippen MR) is 117 cm³/mol. The molecular formula is C24H26N4O. The number of nitrogens with one attached hydrogen (secondary N) is 1. The van der Waals surface area contributed by atoms with Crippen molar-refractivity contribution in [2.75, 3.05) is 30.4 Å². The molecule has 0 radical (unpaired) electrons. The Morgan fingerprint density at radius 1 is 1.14 bits per heavy atom. The van der Waals surface area contributed by atoms with Crippen LogP contribution < -0.4 is 10.2 Å². The first kappa shape index (κ1) is 18.1. The summed E-state index contributed by atoms with van der Waals surface area (Å²) in [6, 6.07) is 12.6. The molecule has 29 heavy (non-hydrogen) atoms. The van der Waals surface area contributed by atoms with Gasteiger partial charge in [0.05, 0.1) is 0 Å². The second kappa shape index (κ2) is 7.14. The van der Waals surface area contributed by atoms with Crippen LogP contribution in [0.3, 0.4) is 0 Å². The molecule has 2 aromatic carbocycles. The highest BCUT2D eigenvalue weighted by Gasteiger charge is 2.29. The van der Waals surface area contributed by atoms with E-state index < -0.39 is 0 Å². The van der Waals surface area contributed by atoms with E-state index >= 15 is 0 Å². The number of carbonyl (C=O) groups excluding carboxylic acids is 1. The molecule has 0 amide bonds. The molecule has 2 aliphatic rings. The summed E-state index contributed by atoms with van der Waals surface area (Å²) >= 11 is 0. The summed E-state index contributed by atoms with van der Waals surface area (Å²) in [5.74, 6) is 1.79.